The van der Waals surface area contributed by atoms with E-state index in [2.05, 4.69) is 289 Å². The topological polar surface area (TPSA) is 8.17 Å². The summed E-state index contributed by atoms with van der Waals surface area (Å²) in [5, 5.41) is 4.99. The number of aromatic nitrogens is 1. The molecule has 2 heteroatoms. The largest absolute Gasteiger partial charge is 0.310 e. The molecule has 0 N–H and O–H groups in total. The number of hydrogen-bond donors (Lipinski definition) is 0. The van der Waals surface area contributed by atoms with Crippen molar-refractivity contribution >= 4 is 49.6 Å². The van der Waals surface area contributed by atoms with Crippen molar-refractivity contribution < 1.29 is 0 Å². The molecule has 73 heavy (non-hydrogen) atoms. The van der Waals surface area contributed by atoms with E-state index >= 15 is 0 Å². The van der Waals surface area contributed by atoms with Crippen LogP contribution >= 0.6 is 0 Å². The molecule has 12 aromatic carbocycles. The summed E-state index contributed by atoms with van der Waals surface area (Å²) >= 11 is 0. The van der Waals surface area contributed by atoms with Crippen molar-refractivity contribution in [3.05, 3.63) is 301 Å². The molecule has 0 fully saturated rings. The van der Waals surface area contributed by atoms with Gasteiger partial charge in [-0.1, -0.05) is 231 Å². The zero-order chi connectivity index (χ0) is 48.0. The standard InChI is InChI=1S/C71H46N2/c1-4-19-48(20-5-1)55-44-41-54(46-62(55)49-21-6-2-7-22-49)72(67-34-18-33-66-69(67)61-29-14-17-32-65(61)71(66)63-30-15-12-27-57(63)58-28-13-16-31-64(58)71)53-39-35-47(36-40-53)51-38-42-59-60-43-37-50-23-10-11-26-56(50)70(60)73(68(59)45-51)52-24-8-3-9-25-52/h1-46H. The van der Waals surface area contributed by atoms with Crippen LogP contribution in [0.1, 0.15) is 22.3 Å². The fraction of sp³-hybridized carbons (Fsp3) is 0.0141. The number of hydrogen-bond acceptors (Lipinski definition) is 1. The first kappa shape index (κ1) is 41.3. The Kier molecular flexibility index (Phi) is 9.21. The first-order valence-corrected chi connectivity index (χ1v) is 25.3. The van der Waals surface area contributed by atoms with Gasteiger partial charge in [0.05, 0.1) is 22.1 Å². The molecule has 13 aromatic rings. The maximum absolute atomic E-state index is 2.51. The predicted molar refractivity (Wildman–Crippen MR) is 306 cm³/mol. The zero-order valence-corrected chi connectivity index (χ0v) is 40.0. The summed E-state index contributed by atoms with van der Waals surface area (Å²) in [5.74, 6) is 0. The lowest BCUT2D eigenvalue weighted by Gasteiger charge is -2.32. The second kappa shape index (κ2) is 16.3. The van der Waals surface area contributed by atoms with Crippen molar-refractivity contribution in [2.24, 2.45) is 0 Å². The van der Waals surface area contributed by atoms with E-state index in [1.807, 2.05) is 0 Å². The molecule has 0 amide bonds. The molecule has 15 rings (SSSR count). The summed E-state index contributed by atoms with van der Waals surface area (Å²) in [6.45, 7) is 0. The molecule has 1 spiro atoms. The highest BCUT2D eigenvalue weighted by molar-refractivity contribution is 6.19. The van der Waals surface area contributed by atoms with Gasteiger partial charge in [0.1, 0.15) is 0 Å². The second-order valence-electron chi connectivity index (χ2n) is 19.5. The van der Waals surface area contributed by atoms with Gasteiger partial charge in [-0.2, -0.15) is 0 Å². The van der Waals surface area contributed by atoms with Crippen LogP contribution < -0.4 is 4.90 Å². The Labute approximate surface area is 425 Å². The minimum Gasteiger partial charge on any atom is -0.310 e. The van der Waals surface area contributed by atoms with Gasteiger partial charge in [-0.15, -0.1) is 0 Å². The summed E-state index contributed by atoms with van der Waals surface area (Å²) in [5.41, 5.74) is 23.9. The molecular formula is C71H46N2. The maximum Gasteiger partial charge on any atom is 0.0726 e. The monoisotopic (exact) mass is 926 g/mol. The summed E-state index contributed by atoms with van der Waals surface area (Å²) in [7, 11) is 0. The van der Waals surface area contributed by atoms with Crippen LogP contribution in [-0.2, 0) is 5.41 Å². The fourth-order valence-corrected chi connectivity index (χ4v) is 12.7. The highest BCUT2D eigenvalue weighted by atomic mass is 15.1. The molecular weight excluding hydrogens is 881 g/mol. The van der Waals surface area contributed by atoms with E-state index in [0.717, 1.165) is 28.3 Å². The molecule has 0 aliphatic heterocycles. The van der Waals surface area contributed by atoms with Gasteiger partial charge in [-0.05, 0) is 126 Å². The number of benzene rings is 12. The van der Waals surface area contributed by atoms with Crippen molar-refractivity contribution in [3.8, 4) is 61.3 Å². The molecule has 1 heterocycles. The highest BCUT2D eigenvalue weighted by Gasteiger charge is 2.52. The smallest absolute Gasteiger partial charge is 0.0726 e. The fourth-order valence-electron chi connectivity index (χ4n) is 12.7. The Balaban J connectivity index is 0.951. The van der Waals surface area contributed by atoms with Gasteiger partial charge in [0.15, 0.2) is 0 Å². The van der Waals surface area contributed by atoms with Gasteiger partial charge in [0, 0.05) is 38.8 Å². The van der Waals surface area contributed by atoms with Gasteiger partial charge >= 0.3 is 0 Å². The van der Waals surface area contributed by atoms with Crippen LogP contribution in [0.5, 0.6) is 0 Å². The zero-order valence-electron chi connectivity index (χ0n) is 40.0. The third-order valence-corrected chi connectivity index (χ3v) is 15.8. The van der Waals surface area contributed by atoms with Crippen LogP contribution in [-0.4, -0.2) is 4.57 Å². The van der Waals surface area contributed by atoms with E-state index in [4.69, 9.17) is 0 Å². The second-order valence-corrected chi connectivity index (χ2v) is 19.5. The van der Waals surface area contributed by atoms with E-state index < -0.39 is 5.41 Å². The molecule has 0 saturated carbocycles. The minimum absolute atomic E-state index is 0.468. The molecule has 340 valence electrons. The Bertz CT molecular complexity index is 4260. The van der Waals surface area contributed by atoms with Crippen molar-refractivity contribution in [1.29, 1.82) is 0 Å². The number of fused-ring (bicyclic) bond motifs is 15. The lowest BCUT2D eigenvalue weighted by Crippen LogP contribution is -2.26. The van der Waals surface area contributed by atoms with E-state index in [-0.39, 0.29) is 0 Å². The first-order valence-electron chi connectivity index (χ1n) is 25.3. The number of rotatable bonds is 7. The van der Waals surface area contributed by atoms with Gasteiger partial charge in [0.2, 0.25) is 0 Å². The van der Waals surface area contributed by atoms with Gasteiger partial charge < -0.3 is 9.47 Å². The minimum atomic E-state index is -0.468. The average Bonchev–Trinajstić information content (AvgIpc) is 4.08. The van der Waals surface area contributed by atoms with Crippen LogP contribution in [0.25, 0.3) is 93.9 Å². The lowest BCUT2D eigenvalue weighted by atomic mass is 9.70. The third kappa shape index (κ3) is 6.11. The molecule has 0 atom stereocenters. The summed E-state index contributed by atoms with van der Waals surface area (Å²) in [6.07, 6.45) is 0. The van der Waals surface area contributed by atoms with Crippen LogP contribution in [0.2, 0.25) is 0 Å². The van der Waals surface area contributed by atoms with Crippen molar-refractivity contribution in [2.75, 3.05) is 4.90 Å². The van der Waals surface area contributed by atoms with E-state index in [1.165, 1.54) is 105 Å². The van der Waals surface area contributed by atoms with Crippen molar-refractivity contribution in [2.45, 2.75) is 5.41 Å². The van der Waals surface area contributed by atoms with Crippen molar-refractivity contribution in [1.82, 2.24) is 4.57 Å². The van der Waals surface area contributed by atoms with E-state index in [1.54, 1.807) is 0 Å². The molecule has 2 aliphatic carbocycles. The molecule has 2 aliphatic rings. The summed E-state index contributed by atoms with van der Waals surface area (Å²) in [4.78, 5) is 2.51. The van der Waals surface area contributed by atoms with Crippen LogP contribution in [0.4, 0.5) is 17.1 Å². The predicted octanol–water partition coefficient (Wildman–Crippen LogP) is 18.8. The van der Waals surface area contributed by atoms with Gasteiger partial charge in [-0.3, -0.25) is 0 Å². The van der Waals surface area contributed by atoms with Crippen molar-refractivity contribution in [3.63, 3.8) is 0 Å². The Morgan fingerprint density at radius 3 is 1.56 bits per heavy atom. The molecule has 0 unspecified atom stereocenters. The normalized spacial score (nSPS) is 12.8. The van der Waals surface area contributed by atoms with Gasteiger partial charge in [0.25, 0.3) is 0 Å². The maximum atomic E-state index is 2.51. The Morgan fingerprint density at radius 1 is 0.301 bits per heavy atom. The molecule has 2 nitrogen and oxygen atoms in total. The third-order valence-electron chi connectivity index (χ3n) is 15.8. The summed E-state index contributed by atoms with van der Waals surface area (Å²) in [6, 6.07) is 103. The average molecular weight is 927 g/mol. The Morgan fingerprint density at radius 2 is 0.849 bits per heavy atom. The molecule has 1 aromatic heterocycles. The van der Waals surface area contributed by atoms with Crippen LogP contribution in [0, 0.1) is 0 Å². The molecule has 0 saturated heterocycles. The lowest BCUT2D eigenvalue weighted by molar-refractivity contribution is 0.794. The number of para-hydroxylation sites is 1. The first-order chi connectivity index (χ1) is 36.2. The molecule has 0 bridgehead atoms. The number of nitrogens with zero attached hydrogens (tertiary/aromatic N) is 2. The Hall–Kier alpha value is -9.50. The van der Waals surface area contributed by atoms with Gasteiger partial charge in [-0.25, -0.2) is 0 Å². The summed E-state index contributed by atoms with van der Waals surface area (Å²) < 4.78 is 2.46. The highest BCUT2D eigenvalue weighted by Crippen LogP contribution is 2.64. The van der Waals surface area contributed by atoms with Crippen LogP contribution in [0.3, 0.4) is 0 Å². The molecule has 0 radical (unpaired) electrons. The van der Waals surface area contributed by atoms with E-state index in [0.29, 0.717) is 0 Å². The van der Waals surface area contributed by atoms with E-state index in [9.17, 15) is 0 Å². The number of anilines is 3. The van der Waals surface area contributed by atoms with Crippen LogP contribution in [0.15, 0.2) is 279 Å². The quantitative estimate of drug-likeness (QED) is 0.155. The SMILES string of the molecule is c1ccc(-c2ccc(N(c3ccc(-c4ccc5c6ccc7ccccc7c6n(-c6ccccc6)c5c4)cc3)c3cccc4c3-c3ccccc3C43c4ccccc4-c4ccccc43)cc2-c2ccccc2)cc1.